The number of hydrogen-bond acceptors (Lipinski definition) is 3. The van der Waals surface area contributed by atoms with Gasteiger partial charge in [-0.3, -0.25) is 4.79 Å². The summed E-state index contributed by atoms with van der Waals surface area (Å²) >= 11 is 9.76. The quantitative estimate of drug-likeness (QED) is 0.334. The van der Waals surface area contributed by atoms with Crippen LogP contribution in [0.25, 0.3) is 10.9 Å². The smallest absolute Gasteiger partial charge is 0.379 e. The molecule has 0 radical (unpaired) electrons. The van der Waals surface area contributed by atoms with Gasteiger partial charge in [-0.15, -0.1) is 0 Å². The summed E-state index contributed by atoms with van der Waals surface area (Å²) in [7, 11) is 0. The van der Waals surface area contributed by atoms with Gasteiger partial charge >= 0.3 is 6.18 Å². The zero-order valence-electron chi connectivity index (χ0n) is 17.3. The molecule has 0 fully saturated rings. The van der Waals surface area contributed by atoms with Crippen LogP contribution in [0.3, 0.4) is 0 Å². The molecule has 0 saturated heterocycles. The van der Waals surface area contributed by atoms with Crippen molar-refractivity contribution in [3.63, 3.8) is 0 Å². The van der Waals surface area contributed by atoms with E-state index in [1.807, 2.05) is 13.8 Å². The Balaban J connectivity index is 1.98. The summed E-state index contributed by atoms with van der Waals surface area (Å²) in [6, 6.07) is 9.33. The molecule has 1 heterocycles. The second-order valence-corrected chi connectivity index (χ2v) is 10.00. The van der Waals surface area contributed by atoms with E-state index in [0.717, 1.165) is 0 Å². The van der Waals surface area contributed by atoms with Gasteiger partial charge in [-0.1, -0.05) is 37.6 Å². The Hall–Kier alpha value is -2.03. The lowest BCUT2D eigenvalue weighted by atomic mass is 9.79. The van der Waals surface area contributed by atoms with Gasteiger partial charge in [-0.25, -0.2) is 0 Å². The van der Waals surface area contributed by atoms with E-state index < -0.39 is 29.7 Å². The number of aliphatic hydroxyl groups is 1. The van der Waals surface area contributed by atoms with Crippen molar-refractivity contribution >= 4 is 44.1 Å². The van der Waals surface area contributed by atoms with Crippen LogP contribution in [-0.2, 0) is 5.41 Å². The molecule has 0 bridgehead atoms. The van der Waals surface area contributed by atoms with Gasteiger partial charge in [-0.05, 0) is 69.6 Å². The van der Waals surface area contributed by atoms with E-state index in [9.17, 15) is 23.1 Å². The first-order chi connectivity index (χ1) is 14.8. The van der Waals surface area contributed by atoms with Gasteiger partial charge in [0.15, 0.2) is 5.60 Å². The molecule has 1 aliphatic rings. The summed E-state index contributed by atoms with van der Waals surface area (Å²) in [5, 5.41) is 15.1. The van der Waals surface area contributed by atoms with Crippen LogP contribution in [0.15, 0.2) is 51.7 Å². The summed E-state index contributed by atoms with van der Waals surface area (Å²) in [6.07, 6.45) is -5.30. The Bertz CT molecular complexity index is 1260. The van der Waals surface area contributed by atoms with E-state index in [1.54, 1.807) is 24.3 Å². The normalized spacial score (nSPS) is 22.9. The van der Waals surface area contributed by atoms with Crippen molar-refractivity contribution in [2.24, 2.45) is 0 Å². The van der Waals surface area contributed by atoms with Crippen molar-refractivity contribution in [2.75, 3.05) is 5.32 Å². The van der Waals surface area contributed by atoms with Crippen molar-refractivity contribution in [3.05, 3.63) is 73.4 Å². The average molecular weight is 530 g/mol. The largest absolute Gasteiger partial charge is 0.419 e. The molecule has 2 aromatic carbocycles. The molecule has 32 heavy (non-hydrogen) atoms. The van der Waals surface area contributed by atoms with Crippen molar-refractivity contribution in [1.82, 2.24) is 4.98 Å². The maximum Gasteiger partial charge on any atom is 0.419 e. The Morgan fingerprint density at radius 3 is 2.56 bits per heavy atom. The number of halogens is 5. The molecule has 0 amide bonds. The molecule has 170 valence electrons. The van der Waals surface area contributed by atoms with Crippen LogP contribution in [0.4, 0.5) is 18.9 Å². The molecule has 1 aromatic heterocycles. The van der Waals surface area contributed by atoms with Crippen LogP contribution >= 0.6 is 27.5 Å². The van der Waals surface area contributed by atoms with Crippen LogP contribution in [0.5, 0.6) is 0 Å². The van der Waals surface area contributed by atoms with E-state index in [-0.39, 0.29) is 12.0 Å². The minimum absolute atomic E-state index is 0.0932. The van der Waals surface area contributed by atoms with Crippen molar-refractivity contribution < 1.29 is 18.3 Å². The van der Waals surface area contributed by atoms with Gasteiger partial charge in [0, 0.05) is 21.6 Å². The monoisotopic (exact) mass is 528 g/mol. The Morgan fingerprint density at radius 2 is 1.88 bits per heavy atom. The molecule has 3 aromatic rings. The number of anilines is 1. The van der Waals surface area contributed by atoms with Crippen LogP contribution in [0.1, 0.15) is 43.9 Å². The summed E-state index contributed by atoms with van der Waals surface area (Å²) in [6.45, 7) is 3.68. The highest BCUT2D eigenvalue weighted by atomic mass is 79.9. The first-order valence-corrected chi connectivity index (χ1v) is 11.2. The zero-order chi connectivity index (χ0) is 23.5. The fourth-order valence-corrected chi connectivity index (χ4v) is 5.55. The number of pyridine rings is 1. The van der Waals surface area contributed by atoms with Gasteiger partial charge in [0.05, 0.1) is 16.6 Å². The molecule has 0 spiro atoms. The standard InChI is InChI=1S/C23H21BrClF3N2O2/c1-21(2)10-11-22(32,23(26,27)28)20(13-6-8-14(25)19(24)18(13)21)30-16-5-3-4-15-12(16)7-9-17(31)29-15/h3-9,20,30,32H,10-11H2,1-2H3,(H,29,31). The number of fused-ring (bicyclic) bond motifs is 2. The van der Waals surface area contributed by atoms with Crippen molar-refractivity contribution in [1.29, 1.82) is 0 Å². The molecule has 4 nitrogen and oxygen atoms in total. The Morgan fingerprint density at radius 1 is 1.16 bits per heavy atom. The van der Waals surface area contributed by atoms with E-state index in [0.29, 0.717) is 37.2 Å². The molecule has 3 N–H and O–H groups in total. The number of hydrogen-bond donors (Lipinski definition) is 3. The number of H-pyrrole nitrogens is 1. The molecule has 0 aliphatic heterocycles. The third-order valence-electron chi connectivity index (χ3n) is 6.28. The third-order valence-corrected chi connectivity index (χ3v) is 7.65. The highest BCUT2D eigenvalue weighted by Gasteiger charge is 2.61. The summed E-state index contributed by atoms with van der Waals surface area (Å²) < 4.78 is 43.6. The highest BCUT2D eigenvalue weighted by molar-refractivity contribution is 9.10. The molecular formula is C23H21BrClF3N2O2. The Kier molecular flexibility index (Phi) is 5.63. The predicted octanol–water partition coefficient (Wildman–Crippen LogP) is 6.46. The van der Waals surface area contributed by atoms with Gasteiger partial charge < -0.3 is 15.4 Å². The lowest BCUT2D eigenvalue weighted by Crippen LogP contribution is -2.52. The summed E-state index contributed by atoms with van der Waals surface area (Å²) in [5.74, 6) is 0. The number of rotatable bonds is 2. The van der Waals surface area contributed by atoms with Crippen LogP contribution in [-0.4, -0.2) is 21.9 Å². The second-order valence-electron chi connectivity index (χ2n) is 8.80. The Labute approximate surface area is 195 Å². The number of aromatic nitrogens is 1. The van der Waals surface area contributed by atoms with Gasteiger partial charge in [0.1, 0.15) is 0 Å². The van der Waals surface area contributed by atoms with Gasteiger partial charge in [-0.2, -0.15) is 13.2 Å². The van der Waals surface area contributed by atoms with Gasteiger partial charge in [0.25, 0.3) is 0 Å². The molecule has 2 atom stereocenters. The summed E-state index contributed by atoms with van der Waals surface area (Å²) in [5.41, 5.74) is -2.26. The topological polar surface area (TPSA) is 65.1 Å². The van der Waals surface area contributed by atoms with E-state index in [4.69, 9.17) is 11.6 Å². The van der Waals surface area contributed by atoms with Crippen LogP contribution in [0.2, 0.25) is 5.02 Å². The molecule has 1 aliphatic carbocycles. The minimum Gasteiger partial charge on any atom is -0.379 e. The van der Waals surface area contributed by atoms with Gasteiger partial charge in [0.2, 0.25) is 5.56 Å². The van der Waals surface area contributed by atoms with Crippen molar-refractivity contribution in [2.45, 2.75) is 49.9 Å². The molecular weight excluding hydrogens is 509 g/mol. The lowest BCUT2D eigenvalue weighted by molar-refractivity contribution is -0.269. The maximum atomic E-state index is 14.4. The fourth-order valence-electron chi connectivity index (χ4n) is 4.49. The number of benzene rings is 2. The predicted molar refractivity (Wildman–Crippen MR) is 123 cm³/mol. The number of alkyl halides is 3. The second kappa shape index (κ2) is 7.78. The molecule has 4 rings (SSSR count). The SMILES string of the molecule is CC1(C)CCC(O)(C(F)(F)F)C(Nc2cccc3[nH]c(=O)ccc23)c2ccc(Cl)c(Br)c21. The number of nitrogens with one attached hydrogen (secondary N) is 2. The summed E-state index contributed by atoms with van der Waals surface area (Å²) in [4.78, 5) is 14.4. The highest BCUT2D eigenvalue weighted by Crippen LogP contribution is 2.54. The first-order valence-electron chi connectivity index (χ1n) is 10.0. The van der Waals surface area contributed by atoms with E-state index >= 15 is 0 Å². The van der Waals surface area contributed by atoms with Crippen LogP contribution < -0.4 is 10.9 Å². The molecule has 9 heteroatoms. The lowest BCUT2D eigenvalue weighted by Gasteiger charge is -2.38. The molecule has 0 saturated carbocycles. The minimum atomic E-state index is -4.90. The first kappa shape index (κ1) is 23.1. The van der Waals surface area contributed by atoms with E-state index in [2.05, 4.69) is 26.2 Å². The van der Waals surface area contributed by atoms with E-state index in [1.165, 1.54) is 18.2 Å². The average Bonchev–Trinajstić information content (AvgIpc) is 2.79. The zero-order valence-corrected chi connectivity index (χ0v) is 19.6. The molecule has 2 unspecified atom stereocenters. The third kappa shape index (κ3) is 3.72. The number of aromatic amines is 1. The maximum absolute atomic E-state index is 14.4. The van der Waals surface area contributed by atoms with Crippen LogP contribution in [0, 0.1) is 0 Å². The van der Waals surface area contributed by atoms with Crippen molar-refractivity contribution in [3.8, 4) is 0 Å². The fraction of sp³-hybridized carbons (Fsp3) is 0.348.